The van der Waals surface area contributed by atoms with Crippen LogP contribution in [0.4, 0.5) is 17.6 Å². The third-order valence-electron chi connectivity index (χ3n) is 7.45. The van der Waals surface area contributed by atoms with Crippen molar-refractivity contribution in [1.82, 2.24) is 9.88 Å². The Morgan fingerprint density at radius 3 is 2.20 bits per heavy atom. The van der Waals surface area contributed by atoms with Gasteiger partial charge in [-0.05, 0) is 78.9 Å². The number of aromatic nitrogens is 1. The smallest absolute Gasteiger partial charge is 0.346 e. The average molecular weight is 545 g/mol. The van der Waals surface area contributed by atoms with E-state index in [0.29, 0.717) is 18.2 Å². The van der Waals surface area contributed by atoms with Crippen molar-refractivity contribution in [3.8, 4) is 11.1 Å². The van der Waals surface area contributed by atoms with Crippen molar-refractivity contribution in [3.63, 3.8) is 0 Å². The van der Waals surface area contributed by atoms with Crippen LogP contribution in [-0.4, -0.2) is 10.5 Å². The number of carbonyl (C=O) groups excluding carboxylic acids is 1. The van der Waals surface area contributed by atoms with Crippen molar-refractivity contribution >= 4 is 16.8 Å². The predicted molar refractivity (Wildman–Crippen MR) is 150 cm³/mol. The molecule has 1 atom stereocenters. The van der Waals surface area contributed by atoms with Gasteiger partial charge in [0.1, 0.15) is 5.82 Å². The Morgan fingerprint density at radius 1 is 0.875 bits per heavy atom. The monoisotopic (exact) mass is 544 g/mol. The lowest BCUT2D eigenvalue weighted by Crippen LogP contribution is -2.26. The van der Waals surface area contributed by atoms with Gasteiger partial charge in [0.05, 0.1) is 11.6 Å². The van der Waals surface area contributed by atoms with Crippen LogP contribution in [0.15, 0.2) is 91.0 Å². The molecule has 204 valence electrons. The van der Waals surface area contributed by atoms with Gasteiger partial charge in [-0.1, -0.05) is 60.7 Å². The first kappa shape index (κ1) is 27.2. The highest BCUT2D eigenvalue weighted by molar-refractivity contribution is 5.99. The van der Waals surface area contributed by atoms with E-state index in [9.17, 15) is 22.4 Å². The highest BCUT2D eigenvalue weighted by atomic mass is 19.4. The first-order valence-electron chi connectivity index (χ1n) is 12.9. The van der Waals surface area contributed by atoms with Crippen molar-refractivity contribution in [2.75, 3.05) is 0 Å². The van der Waals surface area contributed by atoms with Gasteiger partial charge in [0.2, 0.25) is 0 Å². The first-order chi connectivity index (χ1) is 19.0. The Hall–Kier alpha value is -4.39. The minimum absolute atomic E-state index is 0.247. The highest BCUT2D eigenvalue weighted by Crippen LogP contribution is 2.33. The third kappa shape index (κ3) is 5.37. The van der Waals surface area contributed by atoms with E-state index in [1.165, 1.54) is 6.07 Å². The number of alkyl halides is 3. The molecule has 1 N–H and O–H groups in total. The second-order valence-electron chi connectivity index (χ2n) is 10.0. The molecule has 0 aliphatic heterocycles. The normalized spacial score (nSPS) is 12.5. The zero-order valence-electron chi connectivity index (χ0n) is 22.3. The van der Waals surface area contributed by atoms with Crippen LogP contribution in [0.2, 0.25) is 0 Å². The molecule has 0 bridgehead atoms. The minimum Gasteiger partial charge on any atom is -0.346 e. The number of amides is 1. The van der Waals surface area contributed by atoms with Crippen molar-refractivity contribution in [1.29, 1.82) is 0 Å². The third-order valence-corrected chi connectivity index (χ3v) is 7.45. The van der Waals surface area contributed by atoms with Gasteiger partial charge in [-0.2, -0.15) is 13.2 Å². The molecular weight excluding hydrogens is 516 g/mol. The van der Waals surface area contributed by atoms with E-state index in [4.69, 9.17) is 0 Å². The molecule has 0 radical (unpaired) electrons. The molecule has 0 unspecified atom stereocenters. The van der Waals surface area contributed by atoms with Crippen LogP contribution < -0.4 is 5.32 Å². The van der Waals surface area contributed by atoms with Gasteiger partial charge in [0.25, 0.3) is 5.91 Å². The fraction of sp³-hybridized carbons (Fsp3) is 0.182. The fourth-order valence-electron chi connectivity index (χ4n) is 5.00. The Bertz CT molecular complexity index is 1690. The number of halogens is 4. The van der Waals surface area contributed by atoms with Crippen LogP contribution >= 0.6 is 0 Å². The number of carbonyl (C=O) groups is 1. The Morgan fingerprint density at radius 2 is 1.55 bits per heavy atom. The van der Waals surface area contributed by atoms with Gasteiger partial charge in [0.15, 0.2) is 0 Å². The molecule has 0 fully saturated rings. The number of nitrogens with one attached hydrogen (secondary N) is 1. The summed E-state index contributed by atoms with van der Waals surface area (Å²) in [5.74, 6) is -1.76. The topological polar surface area (TPSA) is 34.0 Å². The summed E-state index contributed by atoms with van der Waals surface area (Å²) in [5.41, 5.74) is 5.94. The summed E-state index contributed by atoms with van der Waals surface area (Å²) in [6, 6.07) is 26.1. The summed E-state index contributed by atoms with van der Waals surface area (Å²) in [7, 11) is 0. The van der Waals surface area contributed by atoms with Crippen LogP contribution in [-0.2, 0) is 12.7 Å². The van der Waals surface area contributed by atoms with E-state index >= 15 is 0 Å². The maximum Gasteiger partial charge on any atom is 0.419 e. The molecule has 4 aromatic carbocycles. The summed E-state index contributed by atoms with van der Waals surface area (Å²) >= 11 is 0. The van der Waals surface area contributed by atoms with E-state index in [1.807, 2.05) is 37.3 Å². The van der Waals surface area contributed by atoms with Crippen molar-refractivity contribution in [3.05, 3.63) is 130 Å². The van der Waals surface area contributed by atoms with Crippen molar-refractivity contribution in [2.45, 2.75) is 39.5 Å². The van der Waals surface area contributed by atoms with Crippen LogP contribution in [0, 0.1) is 19.7 Å². The molecule has 1 heterocycles. The molecule has 0 saturated heterocycles. The number of rotatable bonds is 6. The van der Waals surface area contributed by atoms with Crippen LogP contribution in [0.5, 0.6) is 0 Å². The number of nitrogens with zero attached hydrogens (tertiary/aromatic N) is 1. The van der Waals surface area contributed by atoms with Gasteiger partial charge >= 0.3 is 6.18 Å². The molecule has 1 amide bonds. The summed E-state index contributed by atoms with van der Waals surface area (Å²) in [4.78, 5) is 13.0. The molecule has 5 rings (SSSR count). The number of benzene rings is 4. The zero-order valence-corrected chi connectivity index (χ0v) is 22.3. The lowest BCUT2D eigenvalue weighted by atomic mass is 10.0. The molecule has 1 aromatic heterocycles. The molecule has 0 spiro atoms. The van der Waals surface area contributed by atoms with Gasteiger partial charge in [-0.25, -0.2) is 4.39 Å². The molecule has 0 aliphatic rings. The van der Waals surface area contributed by atoms with Crippen molar-refractivity contribution in [2.24, 2.45) is 0 Å². The lowest BCUT2D eigenvalue weighted by molar-refractivity contribution is -0.140. The number of aryl methyl sites for hydroxylation is 1. The molecule has 40 heavy (non-hydrogen) atoms. The average Bonchev–Trinajstić information content (AvgIpc) is 3.17. The minimum atomic E-state index is -4.78. The highest BCUT2D eigenvalue weighted by Gasteiger charge is 2.34. The van der Waals surface area contributed by atoms with Gasteiger partial charge in [0, 0.05) is 28.7 Å². The van der Waals surface area contributed by atoms with Gasteiger partial charge in [-0.3, -0.25) is 4.79 Å². The summed E-state index contributed by atoms with van der Waals surface area (Å²) in [5, 5.41) is 3.71. The van der Waals surface area contributed by atoms with Crippen molar-refractivity contribution < 1.29 is 22.4 Å². The maximum atomic E-state index is 14.0. The first-order valence-corrected chi connectivity index (χ1v) is 12.9. The van der Waals surface area contributed by atoms with E-state index in [0.717, 1.165) is 44.9 Å². The number of hydrogen-bond acceptors (Lipinski definition) is 1. The molecule has 7 heteroatoms. The molecular formula is C33H28F4N2O. The van der Waals surface area contributed by atoms with Crippen LogP contribution in [0.25, 0.3) is 22.0 Å². The van der Waals surface area contributed by atoms with E-state index in [-0.39, 0.29) is 5.56 Å². The molecule has 3 nitrogen and oxygen atoms in total. The van der Waals surface area contributed by atoms with Gasteiger partial charge in [-0.15, -0.1) is 0 Å². The Labute approximate surface area is 230 Å². The van der Waals surface area contributed by atoms with Gasteiger partial charge < -0.3 is 9.88 Å². The summed E-state index contributed by atoms with van der Waals surface area (Å²) < 4.78 is 54.9. The van der Waals surface area contributed by atoms with Crippen LogP contribution in [0.3, 0.4) is 0 Å². The maximum absolute atomic E-state index is 14.0. The molecule has 0 saturated carbocycles. The standard InChI is InChI=1S/C33H28F4N2O/c1-20-22(3)39(19-23-9-11-25(12-10-23)24-7-5-4-6-8-24)31-16-14-27(17-28(20)31)32(40)38-21(2)26-13-15-29(30(34)18-26)33(35,36)37/h4-18,21H,19H2,1-3H3,(H,38,40)/t21-/m0/s1. The number of hydrogen-bond donors (Lipinski definition) is 1. The Kier molecular flexibility index (Phi) is 7.23. The fourth-order valence-corrected chi connectivity index (χ4v) is 5.00. The second-order valence-corrected chi connectivity index (χ2v) is 10.0. The lowest BCUT2D eigenvalue weighted by Gasteiger charge is -2.16. The van der Waals surface area contributed by atoms with E-state index in [1.54, 1.807) is 13.0 Å². The quantitative estimate of drug-likeness (QED) is 0.213. The largest absolute Gasteiger partial charge is 0.419 e. The van der Waals surface area contributed by atoms with Crippen LogP contribution in [0.1, 0.15) is 51.3 Å². The zero-order chi connectivity index (χ0) is 28.6. The second kappa shape index (κ2) is 10.6. The number of fused-ring (bicyclic) bond motifs is 1. The SMILES string of the molecule is Cc1c(C)n(Cc2ccc(-c3ccccc3)cc2)c2ccc(C(=O)N[C@@H](C)c3ccc(C(F)(F)F)c(F)c3)cc12. The molecule has 5 aromatic rings. The summed E-state index contributed by atoms with van der Waals surface area (Å²) in [6.07, 6.45) is -4.78. The van der Waals surface area contributed by atoms with E-state index in [2.05, 4.69) is 53.2 Å². The molecule has 0 aliphatic carbocycles. The van der Waals surface area contributed by atoms with E-state index < -0.39 is 29.5 Å². The summed E-state index contributed by atoms with van der Waals surface area (Å²) in [6.45, 7) is 6.34. The Balaban J connectivity index is 1.35. The predicted octanol–water partition coefficient (Wildman–Crippen LogP) is 8.62.